The van der Waals surface area contributed by atoms with Gasteiger partial charge < -0.3 is 10.1 Å². The summed E-state index contributed by atoms with van der Waals surface area (Å²) in [6, 6.07) is 8.83. The van der Waals surface area contributed by atoms with Crippen molar-refractivity contribution >= 4 is 0 Å². The molecule has 1 aromatic rings. The fraction of sp³-hybridized carbons (Fsp3) is 0.667. The van der Waals surface area contributed by atoms with E-state index in [0.29, 0.717) is 12.0 Å². The predicted molar refractivity (Wildman–Crippen MR) is 91.7 cm³/mol. The molecule has 0 saturated carbocycles. The second-order valence-corrected chi connectivity index (χ2v) is 5.29. The van der Waals surface area contributed by atoms with Crippen molar-refractivity contribution < 1.29 is 4.74 Å². The molecule has 2 heteroatoms. The highest BCUT2D eigenvalue weighted by atomic mass is 16.5. The zero-order chi connectivity index (χ0) is 16.0. The Bertz CT molecular complexity index is 291. The van der Waals surface area contributed by atoms with Crippen LogP contribution in [0, 0.1) is 12.8 Å². The molecule has 0 aliphatic heterocycles. The van der Waals surface area contributed by atoms with Crippen molar-refractivity contribution in [3.8, 4) is 5.75 Å². The van der Waals surface area contributed by atoms with Gasteiger partial charge in [0.15, 0.2) is 0 Å². The molecular weight excluding hydrogens is 246 g/mol. The molecule has 0 aromatic heterocycles. The van der Waals surface area contributed by atoms with Crippen molar-refractivity contribution in [3.05, 3.63) is 29.8 Å². The van der Waals surface area contributed by atoms with Crippen LogP contribution in [0.15, 0.2) is 24.3 Å². The lowest BCUT2D eigenvalue weighted by Crippen LogP contribution is -2.15. The van der Waals surface area contributed by atoms with Gasteiger partial charge in [0.2, 0.25) is 0 Å². The summed E-state index contributed by atoms with van der Waals surface area (Å²) in [6.45, 7) is 15.5. The highest BCUT2D eigenvalue weighted by Crippen LogP contribution is 2.12. The number of rotatable bonds is 5. The summed E-state index contributed by atoms with van der Waals surface area (Å²) in [7, 11) is 1.95. The predicted octanol–water partition coefficient (Wildman–Crippen LogP) is 5.06. The molecule has 0 unspecified atom stereocenters. The maximum absolute atomic E-state index is 5.57. The molecule has 0 amide bonds. The summed E-state index contributed by atoms with van der Waals surface area (Å²) >= 11 is 0. The van der Waals surface area contributed by atoms with Gasteiger partial charge in [-0.3, -0.25) is 0 Å². The van der Waals surface area contributed by atoms with Crippen molar-refractivity contribution in [2.45, 2.75) is 60.9 Å². The van der Waals surface area contributed by atoms with E-state index in [-0.39, 0.29) is 0 Å². The zero-order valence-corrected chi connectivity index (χ0v) is 14.8. The average molecular weight is 281 g/mol. The third-order valence-electron chi connectivity index (χ3n) is 2.56. The SMILES string of the molecule is CC.CNC(C)C.Cc1ccc(OCCC(C)C)cc1. The molecule has 0 saturated heterocycles. The number of nitrogens with one attached hydrogen (secondary N) is 1. The Morgan fingerprint density at radius 1 is 1.00 bits per heavy atom. The molecule has 0 heterocycles. The number of hydrogen-bond donors (Lipinski definition) is 1. The highest BCUT2D eigenvalue weighted by Gasteiger charge is 1.95. The van der Waals surface area contributed by atoms with E-state index in [1.165, 1.54) is 5.56 Å². The smallest absolute Gasteiger partial charge is 0.119 e. The van der Waals surface area contributed by atoms with Crippen LogP contribution >= 0.6 is 0 Å². The molecule has 20 heavy (non-hydrogen) atoms. The van der Waals surface area contributed by atoms with Gasteiger partial charge in [-0.25, -0.2) is 0 Å². The third-order valence-corrected chi connectivity index (χ3v) is 2.56. The first kappa shape index (κ1) is 21.3. The second-order valence-electron chi connectivity index (χ2n) is 5.29. The molecular formula is C18H35NO. The first-order chi connectivity index (χ1) is 9.45. The van der Waals surface area contributed by atoms with E-state index in [1.807, 2.05) is 33.0 Å². The number of hydrogen-bond acceptors (Lipinski definition) is 2. The molecule has 1 N–H and O–H groups in total. The lowest BCUT2D eigenvalue weighted by Gasteiger charge is -2.07. The zero-order valence-electron chi connectivity index (χ0n) is 14.8. The van der Waals surface area contributed by atoms with Gasteiger partial charge in [0.25, 0.3) is 0 Å². The quantitative estimate of drug-likeness (QED) is 0.814. The van der Waals surface area contributed by atoms with Crippen LogP contribution < -0.4 is 10.1 Å². The Morgan fingerprint density at radius 2 is 1.45 bits per heavy atom. The number of ether oxygens (including phenoxy) is 1. The largest absolute Gasteiger partial charge is 0.494 e. The summed E-state index contributed by atoms with van der Waals surface area (Å²) in [5, 5.41) is 3.03. The molecule has 1 aromatic carbocycles. The van der Waals surface area contributed by atoms with Gasteiger partial charge in [0.05, 0.1) is 6.61 Å². The standard InChI is InChI=1S/C12H18O.C4H11N.C2H6/c1-10(2)8-9-13-12-6-4-11(3)5-7-12;1-4(2)5-3;1-2/h4-7,10H,8-9H2,1-3H3;4-5H,1-3H3;1-2H3. The average Bonchev–Trinajstić information content (AvgIpc) is 2.43. The van der Waals surface area contributed by atoms with Gasteiger partial charge in [0.1, 0.15) is 5.75 Å². The molecule has 0 fully saturated rings. The topological polar surface area (TPSA) is 21.3 Å². The number of aryl methyl sites for hydroxylation is 1. The van der Waals surface area contributed by atoms with Crippen LogP contribution in [-0.4, -0.2) is 19.7 Å². The van der Waals surface area contributed by atoms with Crippen LogP contribution in [0.2, 0.25) is 0 Å². The monoisotopic (exact) mass is 281 g/mol. The van der Waals surface area contributed by atoms with Crippen LogP contribution in [0.4, 0.5) is 0 Å². The molecule has 0 spiro atoms. The van der Waals surface area contributed by atoms with E-state index in [0.717, 1.165) is 18.8 Å². The summed E-state index contributed by atoms with van der Waals surface area (Å²) in [5.41, 5.74) is 1.27. The van der Waals surface area contributed by atoms with Crippen molar-refractivity contribution in [2.24, 2.45) is 5.92 Å². The summed E-state index contributed by atoms with van der Waals surface area (Å²) in [4.78, 5) is 0. The second kappa shape index (κ2) is 14.4. The maximum atomic E-state index is 5.57. The van der Waals surface area contributed by atoms with Crippen LogP contribution in [-0.2, 0) is 0 Å². The molecule has 1 rings (SSSR count). The molecule has 0 bridgehead atoms. The van der Waals surface area contributed by atoms with Crippen LogP contribution in [0.1, 0.15) is 53.5 Å². The van der Waals surface area contributed by atoms with Crippen LogP contribution in [0.25, 0.3) is 0 Å². The normalized spacial score (nSPS) is 9.50. The molecule has 2 nitrogen and oxygen atoms in total. The Morgan fingerprint density at radius 3 is 1.80 bits per heavy atom. The molecule has 118 valence electrons. The minimum atomic E-state index is 0.634. The Balaban J connectivity index is 0. The Hall–Kier alpha value is -1.02. The van der Waals surface area contributed by atoms with E-state index in [9.17, 15) is 0 Å². The lowest BCUT2D eigenvalue weighted by atomic mass is 10.1. The third kappa shape index (κ3) is 15.0. The number of benzene rings is 1. The van der Waals surface area contributed by atoms with Crippen molar-refractivity contribution in [1.82, 2.24) is 5.32 Å². The first-order valence-corrected chi connectivity index (χ1v) is 7.82. The van der Waals surface area contributed by atoms with E-state index in [2.05, 4.69) is 52.1 Å². The van der Waals surface area contributed by atoms with Gasteiger partial charge in [0, 0.05) is 6.04 Å². The first-order valence-electron chi connectivity index (χ1n) is 7.82. The van der Waals surface area contributed by atoms with Crippen molar-refractivity contribution in [2.75, 3.05) is 13.7 Å². The summed E-state index contributed by atoms with van der Waals surface area (Å²) in [5.74, 6) is 1.69. The van der Waals surface area contributed by atoms with E-state index in [4.69, 9.17) is 4.74 Å². The van der Waals surface area contributed by atoms with Crippen molar-refractivity contribution in [3.63, 3.8) is 0 Å². The molecule has 0 atom stereocenters. The molecule has 0 radical (unpaired) electrons. The van der Waals surface area contributed by atoms with Gasteiger partial charge in [-0.15, -0.1) is 0 Å². The minimum Gasteiger partial charge on any atom is -0.494 e. The summed E-state index contributed by atoms with van der Waals surface area (Å²) < 4.78 is 5.57. The lowest BCUT2D eigenvalue weighted by molar-refractivity contribution is 0.289. The maximum Gasteiger partial charge on any atom is 0.119 e. The molecule has 0 aliphatic carbocycles. The minimum absolute atomic E-state index is 0.634. The van der Waals surface area contributed by atoms with Gasteiger partial charge in [-0.1, -0.05) is 59.2 Å². The fourth-order valence-electron chi connectivity index (χ4n) is 1.05. The van der Waals surface area contributed by atoms with E-state index in [1.54, 1.807) is 0 Å². The van der Waals surface area contributed by atoms with Gasteiger partial charge >= 0.3 is 0 Å². The fourth-order valence-corrected chi connectivity index (χ4v) is 1.05. The van der Waals surface area contributed by atoms with Crippen molar-refractivity contribution in [1.29, 1.82) is 0 Å². The Kier molecular flexibility index (Phi) is 15.3. The van der Waals surface area contributed by atoms with Crippen LogP contribution in [0.5, 0.6) is 5.75 Å². The van der Waals surface area contributed by atoms with Crippen LogP contribution in [0.3, 0.4) is 0 Å². The van der Waals surface area contributed by atoms with E-state index >= 15 is 0 Å². The highest BCUT2D eigenvalue weighted by molar-refractivity contribution is 5.26. The van der Waals surface area contributed by atoms with E-state index < -0.39 is 0 Å². The summed E-state index contributed by atoms with van der Waals surface area (Å²) in [6.07, 6.45) is 1.12. The van der Waals surface area contributed by atoms with Gasteiger partial charge in [-0.05, 0) is 38.4 Å². The molecule has 0 aliphatic rings. The van der Waals surface area contributed by atoms with Gasteiger partial charge in [-0.2, -0.15) is 0 Å². The Labute approximate surface area is 126 Å².